The number of nitrogens with one attached hydrogen (secondary N) is 1. The molecule has 1 aliphatic carbocycles. The number of hydrogen-bond acceptors (Lipinski definition) is 23. The van der Waals surface area contributed by atoms with Crippen LogP contribution in [-0.4, -0.2) is 124 Å². The minimum atomic E-state index is -5.00. The zero-order valence-corrected chi connectivity index (χ0v) is 43.9. The second-order valence-electron chi connectivity index (χ2n) is 15.4. The molecule has 1 fully saturated rings. The Morgan fingerprint density at radius 1 is 0.701 bits per heavy atom. The molecule has 4 aromatic carbocycles. The molecule has 2 aliphatic heterocycles. The fraction of sp³-hybridized carbons (Fsp3) is 0.186. The van der Waals surface area contributed by atoms with Gasteiger partial charge in [-0.05, 0) is 65.6 Å². The van der Waals surface area contributed by atoms with Gasteiger partial charge in [0.1, 0.15) is 16.2 Å². The van der Waals surface area contributed by atoms with Crippen molar-refractivity contribution in [2.45, 2.75) is 53.5 Å². The van der Waals surface area contributed by atoms with Gasteiger partial charge in [0.25, 0.3) is 48.1 Å². The molecular formula is C43H38N4O24S6. The predicted octanol–water partition coefficient (Wildman–Crippen LogP) is 2.10. The first-order valence-electron chi connectivity index (χ1n) is 21.0. The summed E-state index contributed by atoms with van der Waals surface area (Å²) in [4.78, 5) is 59.8. The average molecular weight is 1190 g/mol. The Morgan fingerprint density at radius 3 is 1.83 bits per heavy atom. The number of benzene rings is 5. The van der Waals surface area contributed by atoms with Crippen molar-refractivity contribution >= 4 is 103 Å². The minimum Gasteiger partial charge on any atom is -0.456 e. The Kier molecular flexibility index (Phi) is 21.3. The summed E-state index contributed by atoms with van der Waals surface area (Å²) >= 11 is 0. The van der Waals surface area contributed by atoms with Gasteiger partial charge in [-0.1, -0.05) is 48.5 Å². The zero-order valence-electron chi connectivity index (χ0n) is 39.0. The van der Waals surface area contributed by atoms with Crippen molar-refractivity contribution in [2.75, 3.05) is 18.9 Å². The van der Waals surface area contributed by atoms with Crippen LogP contribution >= 0.6 is 0 Å². The lowest BCUT2D eigenvalue weighted by Gasteiger charge is -2.22. The summed E-state index contributed by atoms with van der Waals surface area (Å²) in [5, 5.41) is 3.67. The number of nitrogens with zero attached hydrogens (tertiary/aromatic N) is 3. The van der Waals surface area contributed by atoms with Crippen LogP contribution in [0.2, 0.25) is 0 Å². The van der Waals surface area contributed by atoms with E-state index in [1.165, 1.54) is 54.4 Å². The molecular weight excluding hydrogens is 1150 g/mol. The lowest BCUT2D eigenvalue weighted by atomic mass is 9.90. The molecule has 7 rings (SSSR count). The van der Waals surface area contributed by atoms with Gasteiger partial charge in [0.15, 0.2) is 0 Å². The van der Waals surface area contributed by atoms with Crippen LogP contribution in [0.4, 0.5) is 5.69 Å². The molecule has 4 N–H and O–H groups in total. The lowest BCUT2D eigenvalue weighted by Crippen LogP contribution is -2.32. The van der Waals surface area contributed by atoms with E-state index in [0.717, 1.165) is 18.2 Å². The highest BCUT2D eigenvalue weighted by Crippen LogP contribution is 2.43. The molecule has 0 spiro atoms. The molecule has 0 saturated carbocycles. The molecule has 77 heavy (non-hydrogen) atoms. The van der Waals surface area contributed by atoms with Gasteiger partial charge < -0.3 is 19.5 Å². The standard InChI is InChI=1S/C43H38N4O15S3.3O3S/c1-46(20-6-11-41(50)62-47-39(48)18-19-40(47)49)43(51)31-9-4-3-8-30(31)42-32-17-14-28(44-25-27-7-2-5-10-37(27)64(55,56)57)21-35(32)61-36-23-34(38(22-33(36)42)65(58,59)60)45-24-26-12-15-29(16-13-26)63(52,53)54;3*1-4(2)3/h2-5,7-10,12-17,21-23,44H,6,11,18-20,24-25H2,1H3,(H,52,53,54)(H,55,56,57)(H,58,59,60);;;. The van der Waals surface area contributed by atoms with E-state index in [4.69, 9.17) is 47.1 Å². The van der Waals surface area contributed by atoms with Gasteiger partial charge in [-0.3, -0.25) is 33.0 Å². The first-order chi connectivity index (χ1) is 35.9. The number of imide groups is 1. The molecule has 28 nitrogen and oxygen atoms in total. The van der Waals surface area contributed by atoms with Gasteiger partial charge in [-0.25, -0.2) is 4.79 Å². The van der Waals surface area contributed by atoms with Crippen LogP contribution in [0.3, 0.4) is 0 Å². The van der Waals surface area contributed by atoms with Crippen LogP contribution in [0.25, 0.3) is 33.4 Å². The summed E-state index contributed by atoms with van der Waals surface area (Å²) in [5.74, 6) is -2.57. The van der Waals surface area contributed by atoms with Crippen LogP contribution < -0.4 is 10.7 Å². The maximum Gasteiger partial charge on any atom is 0.425 e. The van der Waals surface area contributed by atoms with Crippen molar-refractivity contribution < 1.29 is 105 Å². The molecule has 1 saturated heterocycles. The van der Waals surface area contributed by atoms with Gasteiger partial charge in [0.2, 0.25) is 0 Å². The summed E-state index contributed by atoms with van der Waals surface area (Å²) in [5.41, 5.74) is 2.14. The van der Waals surface area contributed by atoms with Crippen molar-refractivity contribution in [1.82, 2.24) is 9.96 Å². The van der Waals surface area contributed by atoms with E-state index in [0.29, 0.717) is 32.8 Å². The number of hydroxylamine groups is 2. The summed E-state index contributed by atoms with van der Waals surface area (Å²) in [6.45, 7) is -0.235. The van der Waals surface area contributed by atoms with Crippen LogP contribution in [-0.2, 0) is 94.5 Å². The Morgan fingerprint density at radius 2 is 1.26 bits per heavy atom. The van der Waals surface area contributed by atoms with E-state index in [1.807, 2.05) is 0 Å². The summed E-state index contributed by atoms with van der Waals surface area (Å²) in [7, 11) is -21.9. The third kappa shape index (κ3) is 18.1. The highest BCUT2D eigenvalue weighted by molar-refractivity contribution is 7.86. The molecule has 2 heterocycles. The predicted molar refractivity (Wildman–Crippen MR) is 260 cm³/mol. The second kappa shape index (κ2) is 26.7. The number of carbonyl (C=O) groups is 4. The quantitative estimate of drug-likeness (QED) is 0.0649. The Hall–Kier alpha value is -7.96. The number of carbonyl (C=O) groups excluding carboxylic acids is 4. The highest BCUT2D eigenvalue weighted by atomic mass is 32.2. The normalized spacial score (nSPS) is 12.5. The minimum absolute atomic E-state index is 0.0296. The average Bonchev–Trinajstić information content (AvgIpc) is 3.64. The first kappa shape index (κ1) is 61.6. The smallest absolute Gasteiger partial charge is 0.425 e. The summed E-state index contributed by atoms with van der Waals surface area (Å²) < 4.78 is 185. The van der Waals surface area contributed by atoms with Crippen LogP contribution in [0.1, 0.15) is 47.2 Å². The molecule has 410 valence electrons. The maximum atomic E-state index is 14.2. The first-order valence-corrected chi connectivity index (χ1v) is 28.3. The zero-order chi connectivity index (χ0) is 57.6. The SMILES string of the molecule is CN(CCCC(=O)ON1C(=O)CCC1=O)C(=O)c1ccccc1-c1c2cc(S(=O)(=O)O)c(=NCc3ccc(S(=O)(=O)O)cc3)cc-2oc2cc(NCc3ccccc3S(=O)(=O)O)ccc12.O=S(=O)=O.O=S(=O)=O.O=S(=O)=O. The molecule has 3 aliphatic rings. The van der Waals surface area contributed by atoms with Crippen LogP contribution in [0.15, 0.2) is 127 Å². The highest BCUT2D eigenvalue weighted by Gasteiger charge is 2.33. The number of hydrogen-bond donors (Lipinski definition) is 4. The van der Waals surface area contributed by atoms with Crippen LogP contribution in [0, 0.1) is 0 Å². The van der Waals surface area contributed by atoms with E-state index in [2.05, 4.69) is 10.3 Å². The van der Waals surface area contributed by atoms with Crippen molar-refractivity contribution in [3.05, 3.63) is 125 Å². The number of rotatable bonds is 15. The van der Waals surface area contributed by atoms with Crippen molar-refractivity contribution in [3.8, 4) is 22.5 Å². The van der Waals surface area contributed by atoms with E-state index < -0.39 is 90.8 Å². The molecule has 34 heteroatoms. The van der Waals surface area contributed by atoms with Crippen molar-refractivity contribution in [2.24, 2.45) is 4.99 Å². The number of fused-ring (bicyclic) bond motifs is 2. The van der Waals surface area contributed by atoms with E-state index in [9.17, 15) is 58.1 Å². The fourth-order valence-electron chi connectivity index (χ4n) is 7.14. The van der Waals surface area contributed by atoms with Gasteiger partial charge in [0.05, 0.1) is 21.7 Å². The molecule has 0 aromatic heterocycles. The van der Waals surface area contributed by atoms with E-state index in [-0.39, 0.29) is 88.5 Å². The molecule has 0 bridgehead atoms. The summed E-state index contributed by atoms with van der Waals surface area (Å²) in [6.07, 6.45) is -0.274. The molecule has 4 aromatic rings. The topological polar surface area (TPSA) is 438 Å². The largest absolute Gasteiger partial charge is 0.456 e. The number of anilines is 1. The van der Waals surface area contributed by atoms with E-state index in [1.54, 1.807) is 42.5 Å². The molecule has 0 radical (unpaired) electrons. The Labute approximate surface area is 440 Å². The Balaban J connectivity index is 0.000000966. The maximum absolute atomic E-state index is 14.2. The van der Waals surface area contributed by atoms with Crippen molar-refractivity contribution in [1.29, 1.82) is 0 Å². The van der Waals surface area contributed by atoms with Gasteiger partial charge in [0, 0.05) is 79.3 Å². The second-order valence-corrected chi connectivity index (χ2v) is 20.8. The third-order valence-electron chi connectivity index (χ3n) is 10.3. The summed E-state index contributed by atoms with van der Waals surface area (Å²) in [6, 6.07) is 24.5. The van der Waals surface area contributed by atoms with Crippen molar-refractivity contribution in [3.63, 3.8) is 0 Å². The molecule has 0 atom stereocenters. The monoisotopic (exact) mass is 1190 g/mol. The molecule has 0 unspecified atom stereocenters. The lowest BCUT2D eigenvalue weighted by molar-refractivity contribution is -0.197. The number of amides is 3. The van der Waals surface area contributed by atoms with Gasteiger partial charge >= 0.3 is 37.8 Å². The van der Waals surface area contributed by atoms with E-state index >= 15 is 0 Å². The van der Waals surface area contributed by atoms with Crippen LogP contribution in [0.5, 0.6) is 0 Å². The fourth-order valence-corrected chi connectivity index (χ4v) is 9.00. The Bertz CT molecular complexity index is 3920. The molecule has 3 amide bonds. The third-order valence-corrected chi connectivity index (χ3v) is 13.0. The van der Waals surface area contributed by atoms with Gasteiger partial charge in [-0.2, -0.15) is 25.3 Å². The van der Waals surface area contributed by atoms with Gasteiger partial charge in [-0.15, -0.1) is 42.9 Å².